The van der Waals surface area contributed by atoms with Crippen LogP contribution in [-0.2, 0) is 6.54 Å². The lowest BCUT2D eigenvalue weighted by Gasteiger charge is -2.22. The maximum Gasteiger partial charge on any atom is 0.275 e. The highest BCUT2D eigenvalue weighted by atomic mass is 32.1. The standard InChI is InChI=1S/C21H18N2O2S/c1-25-17-10-8-16(9-11-17)23(14-18-6-4-12-26-18)21(24)20-13-15-5-2-3-7-19(15)22-20/h2-13,22H,14H2,1H3. The fraction of sp³-hybridized carbons (Fsp3) is 0.0952. The Morgan fingerprint density at radius 2 is 1.88 bits per heavy atom. The Labute approximate surface area is 155 Å². The molecule has 4 rings (SSSR count). The van der Waals surface area contributed by atoms with Gasteiger partial charge in [-0.1, -0.05) is 24.3 Å². The van der Waals surface area contributed by atoms with Crippen LogP contribution in [0.1, 0.15) is 15.4 Å². The van der Waals surface area contributed by atoms with Gasteiger partial charge in [-0.25, -0.2) is 0 Å². The fourth-order valence-electron chi connectivity index (χ4n) is 2.93. The summed E-state index contributed by atoms with van der Waals surface area (Å²) >= 11 is 1.64. The van der Waals surface area contributed by atoms with Crippen molar-refractivity contribution in [1.29, 1.82) is 0 Å². The number of benzene rings is 2. The number of methoxy groups -OCH3 is 1. The minimum Gasteiger partial charge on any atom is -0.497 e. The molecule has 0 fully saturated rings. The molecule has 1 amide bonds. The molecule has 1 N–H and O–H groups in total. The first-order valence-corrected chi connectivity index (χ1v) is 9.18. The number of aromatic nitrogens is 1. The zero-order valence-corrected chi connectivity index (χ0v) is 15.1. The molecule has 0 aliphatic carbocycles. The van der Waals surface area contributed by atoms with E-state index in [4.69, 9.17) is 4.74 Å². The molecule has 26 heavy (non-hydrogen) atoms. The van der Waals surface area contributed by atoms with Crippen LogP contribution in [0, 0.1) is 0 Å². The summed E-state index contributed by atoms with van der Waals surface area (Å²) in [6.45, 7) is 0.526. The number of H-pyrrole nitrogens is 1. The lowest BCUT2D eigenvalue weighted by atomic mass is 10.2. The van der Waals surface area contributed by atoms with E-state index in [2.05, 4.69) is 4.98 Å². The van der Waals surface area contributed by atoms with Gasteiger partial charge < -0.3 is 14.6 Å². The van der Waals surface area contributed by atoms with Crippen molar-refractivity contribution >= 4 is 33.8 Å². The number of fused-ring (bicyclic) bond motifs is 1. The molecule has 0 bridgehead atoms. The second-order valence-electron chi connectivity index (χ2n) is 5.94. The molecule has 0 unspecified atom stereocenters. The third-order valence-corrected chi connectivity index (χ3v) is 5.14. The van der Waals surface area contributed by atoms with Crippen molar-refractivity contribution in [3.8, 4) is 5.75 Å². The average Bonchev–Trinajstić information content (AvgIpc) is 3.35. The number of amides is 1. The molecule has 5 heteroatoms. The van der Waals surface area contributed by atoms with Crippen LogP contribution in [0.4, 0.5) is 5.69 Å². The van der Waals surface area contributed by atoms with Crippen molar-refractivity contribution in [2.75, 3.05) is 12.0 Å². The molecular formula is C21H18N2O2S. The smallest absolute Gasteiger partial charge is 0.275 e. The number of thiophene rings is 1. The highest BCUT2D eigenvalue weighted by Crippen LogP contribution is 2.25. The van der Waals surface area contributed by atoms with Crippen molar-refractivity contribution in [3.63, 3.8) is 0 Å². The van der Waals surface area contributed by atoms with Gasteiger partial charge >= 0.3 is 0 Å². The Bertz CT molecular complexity index is 987. The molecule has 2 aromatic carbocycles. The normalized spacial score (nSPS) is 10.8. The van der Waals surface area contributed by atoms with Gasteiger partial charge in [-0.2, -0.15) is 0 Å². The van der Waals surface area contributed by atoms with Crippen LogP contribution >= 0.6 is 11.3 Å². The SMILES string of the molecule is COc1ccc(N(Cc2cccs2)C(=O)c2cc3ccccc3[nH]2)cc1. The largest absolute Gasteiger partial charge is 0.497 e. The van der Waals surface area contributed by atoms with Crippen LogP contribution in [0.3, 0.4) is 0 Å². The molecule has 0 aliphatic rings. The zero-order chi connectivity index (χ0) is 17.9. The molecule has 0 saturated heterocycles. The molecule has 0 radical (unpaired) electrons. The number of para-hydroxylation sites is 1. The summed E-state index contributed by atoms with van der Waals surface area (Å²) in [6, 6.07) is 21.4. The van der Waals surface area contributed by atoms with Crippen LogP contribution in [0.15, 0.2) is 72.1 Å². The van der Waals surface area contributed by atoms with E-state index in [0.29, 0.717) is 12.2 Å². The van der Waals surface area contributed by atoms with E-state index in [1.54, 1.807) is 23.3 Å². The topological polar surface area (TPSA) is 45.3 Å². The van der Waals surface area contributed by atoms with Crippen molar-refractivity contribution < 1.29 is 9.53 Å². The van der Waals surface area contributed by atoms with Gasteiger partial charge in [0.1, 0.15) is 11.4 Å². The van der Waals surface area contributed by atoms with Gasteiger partial charge in [-0.15, -0.1) is 11.3 Å². The van der Waals surface area contributed by atoms with E-state index in [1.807, 2.05) is 72.1 Å². The van der Waals surface area contributed by atoms with E-state index in [-0.39, 0.29) is 5.91 Å². The zero-order valence-electron chi connectivity index (χ0n) is 14.3. The molecule has 0 aliphatic heterocycles. The van der Waals surface area contributed by atoms with E-state index < -0.39 is 0 Å². The summed E-state index contributed by atoms with van der Waals surface area (Å²) in [5.74, 6) is 0.711. The van der Waals surface area contributed by atoms with E-state index in [0.717, 1.165) is 27.2 Å². The van der Waals surface area contributed by atoms with Crippen molar-refractivity contribution in [3.05, 3.63) is 82.7 Å². The number of ether oxygens (including phenoxy) is 1. The molecule has 2 heterocycles. The fourth-order valence-corrected chi connectivity index (χ4v) is 3.63. The molecule has 2 aromatic heterocycles. The predicted octanol–water partition coefficient (Wildman–Crippen LogP) is 5.09. The number of carbonyl (C=O) groups is 1. The molecule has 130 valence electrons. The van der Waals surface area contributed by atoms with Crippen LogP contribution < -0.4 is 9.64 Å². The monoisotopic (exact) mass is 362 g/mol. The molecular weight excluding hydrogens is 344 g/mol. The van der Waals surface area contributed by atoms with Gasteiger partial charge in [0.05, 0.1) is 13.7 Å². The number of rotatable bonds is 5. The number of anilines is 1. The highest BCUT2D eigenvalue weighted by Gasteiger charge is 2.20. The summed E-state index contributed by atoms with van der Waals surface area (Å²) in [6.07, 6.45) is 0. The third kappa shape index (κ3) is 3.21. The van der Waals surface area contributed by atoms with Gasteiger partial charge in [-0.3, -0.25) is 4.79 Å². The summed E-state index contributed by atoms with van der Waals surface area (Å²) in [7, 11) is 1.63. The Balaban J connectivity index is 1.71. The summed E-state index contributed by atoms with van der Waals surface area (Å²) in [5.41, 5.74) is 2.38. The average molecular weight is 362 g/mol. The second kappa shape index (κ2) is 7.06. The quantitative estimate of drug-likeness (QED) is 0.538. The number of hydrogen-bond acceptors (Lipinski definition) is 3. The first kappa shape index (κ1) is 16.4. The van der Waals surface area contributed by atoms with Crippen LogP contribution in [0.5, 0.6) is 5.75 Å². The summed E-state index contributed by atoms with van der Waals surface area (Å²) < 4.78 is 5.23. The van der Waals surface area contributed by atoms with Crippen LogP contribution in [0.2, 0.25) is 0 Å². The molecule has 4 aromatic rings. The van der Waals surface area contributed by atoms with Crippen LogP contribution in [0.25, 0.3) is 10.9 Å². The van der Waals surface area contributed by atoms with Crippen molar-refractivity contribution in [2.45, 2.75) is 6.54 Å². The van der Waals surface area contributed by atoms with Crippen LogP contribution in [-0.4, -0.2) is 18.0 Å². The first-order chi connectivity index (χ1) is 12.7. The Morgan fingerprint density at radius 1 is 1.08 bits per heavy atom. The van der Waals surface area contributed by atoms with Crippen molar-refractivity contribution in [1.82, 2.24) is 4.98 Å². The molecule has 0 atom stereocenters. The third-order valence-electron chi connectivity index (χ3n) is 4.28. The molecule has 0 spiro atoms. The summed E-state index contributed by atoms with van der Waals surface area (Å²) in [5, 5.41) is 3.05. The number of aromatic amines is 1. The van der Waals surface area contributed by atoms with E-state index in [1.165, 1.54) is 0 Å². The van der Waals surface area contributed by atoms with E-state index >= 15 is 0 Å². The summed E-state index contributed by atoms with van der Waals surface area (Å²) in [4.78, 5) is 19.4. The van der Waals surface area contributed by atoms with Gasteiger partial charge in [0, 0.05) is 21.5 Å². The lowest BCUT2D eigenvalue weighted by Crippen LogP contribution is -2.30. The second-order valence-corrected chi connectivity index (χ2v) is 6.97. The highest BCUT2D eigenvalue weighted by molar-refractivity contribution is 7.09. The van der Waals surface area contributed by atoms with Gasteiger partial charge in [0.2, 0.25) is 0 Å². The maximum atomic E-state index is 13.3. The van der Waals surface area contributed by atoms with Gasteiger partial charge in [-0.05, 0) is 47.8 Å². The van der Waals surface area contributed by atoms with Gasteiger partial charge in [0.25, 0.3) is 5.91 Å². The number of carbonyl (C=O) groups excluding carboxylic acids is 1. The molecule has 0 saturated carbocycles. The maximum absolute atomic E-state index is 13.3. The number of nitrogens with zero attached hydrogens (tertiary/aromatic N) is 1. The van der Waals surface area contributed by atoms with Crippen molar-refractivity contribution in [2.24, 2.45) is 0 Å². The number of nitrogens with one attached hydrogen (secondary N) is 1. The molecule has 4 nitrogen and oxygen atoms in total. The Kier molecular flexibility index (Phi) is 4.46. The Morgan fingerprint density at radius 3 is 2.58 bits per heavy atom. The number of hydrogen-bond donors (Lipinski definition) is 1. The van der Waals surface area contributed by atoms with E-state index in [9.17, 15) is 4.79 Å². The minimum absolute atomic E-state index is 0.0558. The minimum atomic E-state index is -0.0558. The lowest BCUT2D eigenvalue weighted by molar-refractivity contribution is 0.0981. The Hall–Kier alpha value is -3.05. The first-order valence-electron chi connectivity index (χ1n) is 8.30. The predicted molar refractivity (Wildman–Crippen MR) is 106 cm³/mol. The van der Waals surface area contributed by atoms with Gasteiger partial charge in [0.15, 0.2) is 0 Å².